The van der Waals surface area contributed by atoms with Crippen molar-refractivity contribution in [2.75, 3.05) is 19.8 Å². The topological polar surface area (TPSA) is 114 Å². The predicted molar refractivity (Wildman–Crippen MR) is 125 cm³/mol. The molecule has 0 bridgehead atoms. The highest BCUT2D eigenvalue weighted by Crippen LogP contribution is 2.44. The van der Waals surface area contributed by atoms with Crippen LogP contribution in [0.3, 0.4) is 0 Å². The molecule has 1 saturated heterocycles. The van der Waals surface area contributed by atoms with Gasteiger partial charge < -0.3 is 25.2 Å². The van der Waals surface area contributed by atoms with Gasteiger partial charge >= 0.3 is 12.1 Å². The van der Waals surface area contributed by atoms with Crippen LogP contribution in [0.1, 0.15) is 50.2 Å². The average molecular weight is 467 g/mol. The van der Waals surface area contributed by atoms with E-state index in [4.69, 9.17) is 14.6 Å². The Hall–Kier alpha value is -3.39. The molecule has 1 aliphatic heterocycles. The van der Waals surface area contributed by atoms with Gasteiger partial charge in [-0.05, 0) is 36.1 Å². The van der Waals surface area contributed by atoms with Crippen molar-refractivity contribution in [2.24, 2.45) is 0 Å². The van der Waals surface area contributed by atoms with Crippen molar-refractivity contribution in [3.63, 3.8) is 0 Å². The zero-order chi connectivity index (χ0) is 24.3. The Bertz CT molecular complexity index is 1040. The molecule has 4 rings (SSSR count). The predicted octanol–water partition coefficient (Wildman–Crippen LogP) is 3.44. The van der Waals surface area contributed by atoms with Crippen LogP contribution in [0.2, 0.25) is 0 Å². The van der Waals surface area contributed by atoms with Crippen molar-refractivity contribution in [3.05, 3.63) is 59.7 Å². The number of benzene rings is 2. The van der Waals surface area contributed by atoms with Gasteiger partial charge in [0.1, 0.15) is 12.1 Å². The van der Waals surface area contributed by atoms with Gasteiger partial charge in [-0.3, -0.25) is 9.59 Å². The highest BCUT2D eigenvalue weighted by Gasteiger charge is 2.44. The molecule has 34 heavy (non-hydrogen) atoms. The Morgan fingerprint density at radius 2 is 1.59 bits per heavy atom. The van der Waals surface area contributed by atoms with Gasteiger partial charge in [-0.15, -0.1) is 0 Å². The first kappa shape index (κ1) is 23.8. The Labute approximate surface area is 198 Å². The van der Waals surface area contributed by atoms with Gasteiger partial charge in [-0.25, -0.2) is 4.79 Å². The van der Waals surface area contributed by atoms with E-state index in [2.05, 4.69) is 22.8 Å². The number of rotatable bonds is 7. The molecule has 0 atom stereocenters. The number of hydrogen-bond acceptors (Lipinski definition) is 5. The summed E-state index contributed by atoms with van der Waals surface area (Å²) in [5.41, 5.74) is 2.27. The third-order valence-electron chi connectivity index (χ3n) is 6.51. The van der Waals surface area contributed by atoms with Gasteiger partial charge in [0.2, 0.25) is 5.91 Å². The molecule has 180 valence electrons. The lowest BCUT2D eigenvalue weighted by molar-refractivity contribution is -0.139. The monoisotopic (exact) mass is 466 g/mol. The normalized spacial score (nSPS) is 16.8. The van der Waals surface area contributed by atoms with E-state index in [1.165, 1.54) is 0 Å². The Kier molecular flexibility index (Phi) is 6.61. The van der Waals surface area contributed by atoms with E-state index in [0.29, 0.717) is 13.2 Å². The molecular weight excluding hydrogens is 436 g/mol. The lowest BCUT2D eigenvalue weighted by atomic mass is 9.87. The van der Waals surface area contributed by atoms with E-state index >= 15 is 0 Å². The molecule has 1 aliphatic carbocycles. The average Bonchev–Trinajstić information content (AvgIpc) is 3.11. The molecule has 0 saturated carbocycles. The molecule has 8 heteroatoms. The lowest BCUT2D eigenvalue weighted by Gasteiger charge is -2.38. The van der Waals surface area contributed by atoms with E-state index in [1.807, 2.05) is 36.4 Å². The van der Waals surface area contributed by atoms with E-state index < -0.39 is 29.0 Å². The fourth-order valence-electron chi connectivity index (χ4n) is 4.81. The summed E-state index contributed by atoms with van der Waals surface area (Å²) in [6.07, 6.45) is -0.385. The van der Waals surface area contributed by atoms with Crippen LogP contribution in [-0.4, -0.2) is 54.0 Å². The second kappa shape index (κ2) is 9.46. The maximum absolute atomic E-state index is 13.2. The number of carboxylic acids is 1. The number of carboxylic acid groups (broad SMARTS) is 1. The van der Waals surface area contributed by atoms with Crippen molar-refractivity contribution in [1.29, 1.82) is 0 Å². The molecule has 1 fully saturated rings. The number of carbonyl (C=O) groups is 3. The number of carbonyl (C=O) groups excluding carboxylic acids is 2. The Balaban J connectivity index is 1.46. The van der Waals surface area contributed by atoms with Crippen molar-refractivity contribution in [2.45, 2.75) is 50.1 Å². The van der Waals surface area contributed by atoms with Crippen LogP contribution in [0.4, 0.5) is 4.79 Å². The highest BCUT2D eigenvalue weighted by atomic mass is 16.5. The number of nitrogens with one attached hydrogen (secondary N) is 2. The number of alkyl carbamates (subject to hydrolysis) is 1. The fourth-order valence-corrected chi connectivity index (χ4v) is 4.81. The molecule has 2 aromatic carbocycles. The molecule has 2 amide bonds. The molecule has 0 spiro atoms. The number of ether oxygens (including phenoxy) is 2. The third kappa shape index (κ3) is 4.92. The van der Waals surface area contributed by atoms with Gasteiger partial charge in [0.05, 0.1) is 6.42 Å². The van der Waals surface area contributed by atoms with E-state index in [9.17, 15) is 14.4 Å². The first-order valence-corrected chi connectivity index (χ1v) is 11.5. The summed E-state index contributed by atoms with van der Waals surface area (Å²) in [5, 5.41) is 14.7. The fraction of sp³-hybridized carbons (Fsp3) is 0.423. The zero-order valence-electron chi connectivity index (χ0n) is 19.4. The van der Waals surface area contributed by atoms with Crippen LogP contribution in [0.25, 0.3) is 11.1 Å². The quantitative estimate of drug-likeness (QED) is 0.576. The smallest absolute Gasteiger partial charge is 0.408 e. The van der Waals surface area contributed by atoms with E-state index in [-0.39, 0.29) is 31.8 Å². The van der Waals surface area contributed by atoms with Crippen molar-refractivity contribution >= 4 is 18.0 Å². The van der Waals surface area contributed by atoms with Gasteiger partial charge in [0.25, 0.3) is 0 Å². The van der Waals surface area contributed by atoms with Crippen LogP contribution in [-0.2, 0) is 19.1 Å². The minimum absolute atomic E-state index is 0.0906. The molecule has 0 aromatic heterocycles. The summed E-state index contributed by atoms with van der Waals surface area (Å²) in [6, 6.07) is 16.1. The summed E-state index contributed by atoms with van der Waals surface area (Å²) in [4.78, 5) is 37.3. The van der Waals surface area contributed by atoms with Gasteiger partial charge in [0.15, 0.2) is 0 Å². The second-order valence-electron chi connectivity index (χ2n) is 9.55. The molecule has 8 nitrogen and oxygen atoms in total. The van der Waals surface area contributed by atoms with Crippen LogP contribution in [0.5, 0.6) is 0 Å². The maximum atomic E-state index is 13.2. The number of fused-ring (bicyclic) bond motifs is 3. The molecular formula is C26H30N2O6. The standard InChI is InChI=1S/C26H30N2O6/c1-25(2,15-22(29)30)27-23(31)26(11-13-33-14-12-26)28-24(32)34-16-21-19-9-5-3-7-17(19)18-8-4-6-10-20(18)21/h3-10,21H,11-16H2,1-2H3,(H,27,31)(H,28,32)(H,29,30). The molecule has 2 aliphatic rings. The SMILES string of the molecule is CC(C)(CC(=O)O)NC(=O)C1(NC(=O)OCC2c3ccccc3-c3ccccc32)CCOCC1. The Morgan fingerprint density at radius 3 is 2.15 bits per heavy atom. The van der Waals surface area contributed by atoms with Crippen molar-refractivity contribution in [3.8, 4) is 11.1 Å². The third-order valence-corrected chi connectivity index (χ3v) is 6.51. The zero-order valence-corrected chi connectivity index (χ0v) is 19.4. The minimum atomic E-state index is -1.23. The van der Waals surface area contributed by atoms with Gasteiger partial charge in [-0.2, -0.15) is 0 Å². The van der Waals surface area contributed by atoms with E-state index in [1.54, 1.807) is 13.8 Å². The number of hydrogen-bond donors (Lipinski definition) is 3. The van der Waals surface area contributed by atoms with Gasteiger partial charge in [0, 0.05) is 37.5 Å². The van der Waals surface area contributed by atoms with Crippen LogP contribution >= 0.6 is 0 Å². The number of aliphatic carboxylic acids is 1. The van der Waals surface area contributed by atoms with E-state index in [0.717, 1.165) is 22.3 Å². The largest absolute Gasteiger partial charge is 0.481 e. The second-order valence-corrected chi connectivity index (χ2v) is 9.55. The lowest BCUT2D eigenvalue weighted by Crippen LogP contribution is -2.64. The van der Waals surface area contributed by atoms with Crippen molar-refractivity contribution < 1.29 is 29.0 Å². The first-order chi connectivity index (χ1) is 16.2. The summed E-state index contributed by atoms with van der Waals surface area (Å²) in [7, 11) is 0. The first-order valence-electron chi connectivity index (χ1n) is 11.5. The summed E-state index contributed by atoms with van der Waals surface area (Å²) < 4.78 is 11.1. The molecule has 1 heterocycles. The summed E-state index contributed by atoms with van der Waals surface area (Å²) in [6.45, 7) is 4.02. The van der Waals surface area contributed by atoms with Crippen molar-refractivity contribution in [1.82, 2.24) is 10.6 Å². The van der Waals surface area contributed by atoms with Gasteiger partial charge in [-0.1, -0.05) is 48.5 Å². The minimum Gasteiger partial charge on any atom is -0.481 e. The van der Waals surface area contributed by atoms with Crippen LogP contribution in [0, 0.1) is 0 Å². The molecule has 0 unspecified atom stereocenters. The molecule has 0 radical (unpaired) electrons. The Morgan fingerprint density at radius 1 is 1.03 bits per heavy atom. The van der Waals surface area contributed by atoms with Crippen LogP contribution in [0.15, 0.2) is 48.5 Å². The summed E-state index contributed by atoms with van der Waals surface area (Å²) >= 11 is 0. The molecule has 2 aromatic rings. The number of amides is 2. The highest BCUT2D eigenvalue weighted by molar-refractivity contribution is 5.91. The van der Waals surface area contributed by atoms with Crippen LogP contribution < -0.4 is 10.6 Å². The summed E-state index contributed by atoms with van der Waals surface area (Å²) in [5.74, 6) is -1.54. The maximum Gasteiger partial charge on any atom is 0.408 e. The molecule has 3 N–H and O–H groups in total.